The first-order valence-corrected chi connectivity index (χ1v) is 8.47. The van der Waals surface area contributed by atoms with Gasteiger partial charge in [-0.25, -0.2) is 0 Å². The fourth-order valence-electron chi connectivity index (χ4n) is 1.78. The number of nitrogens with one attached hydrogen (secondary N) is 1. The van der Waals surface area contributed by atoms with Crippen LogP contribution < -0.4 is 5.32 Å². The van der Waals surface area contributed by atoms with Gasteiger partial charge in [0.15, 0.2) is 0 Å². The summed E-state index contributed by atoms with van der Waals surface area (Å²) in [5.74, 6) is 0. The SMILES string of the molecule is CNC(C)c1ccc(Br)cc1Sc1ccc(Cl)c(Cl)c1. The predicted octanol–water partition coefficient (Wildman–Crippen LogP) is 6.19. The smallest absolute Gasteiger partial charge is 0.0603 e. The Morgan fingerprint density at radius 3 is 2.50 bits per heavy atom. The van der Waals surface area contributed by atoms with Gasteiger partial charge in [-0.2, -0.15) is 0 Å². The third-order valence-electron chi connectivity index (χ3n) is 2.99. The lowest BCUT2D eigenvalue weighted by atomic mass is 10.1. The summed E-state index contributed by atoms with van der Waals surface area (Å²) in [4.78, 5) is 2.27. The van der Waals surface area contributed by atoms with Crippen LogP contribution in [0.5, 0.6) is 0 Å². The molecule has 2 aromatic rings. The molecule has 1 N–H and O–H groups in total. The number of hydrogen-bond donors (Lipinski definition) is 1. The predicted molar refractivity (Wildman–Crippen MR) is 92.2 cm³/mol. The molecule has 0 fully saturated rings. The maximum Gasteiger partial charge on any atom is 0.0603 e. The summed E-state index contributed by atoms with van der Waals surface area (Å²) in [6.45, 7) is 2.14. The Morgan fingerprint density at radius 1 is 1.10 bits per heavy atom. The molecule has 0 aliphatic carbocycles. The number of benzene rings is 2. The highest BCUT2D eigenvalue weighted by Crippen LogP contribution is 2.37. The lowest BCUT2D eigenvalue weighted by molar-refractivity contribution is 0.641. The molecule has 20 heavy (non-hydrogen) atoms. The fourth-order valence-corrected chi connectivity index (χ4v) is 3.77. The summed E-state index contributed by atoms with van der Waals surface area (Å²) >= 11 is 17.2. The molecule has 0 radical (unpaired) electrons. The summed E-state index contributed by atoms with van der Waals surface area (Å²) < 4.78 is 1.06. The van der Waals surface area contributed by atoms with Gasteiger partial charge in [0, 0.05) is 20.3 Å². The summed E-state index contributed by atoms with van der Waals surface area (Å²) in [6, 6.07) is 12.3. The van der Waals surface area contributed by atoms with Crippen molar-refractivity contribution in [3.05, 3.63) is 56.5 Å². The lowest BCUT2D eigenvalue weighted by Gasteiger charge is -2.16. The van der Waals surface area contributed by atoms with Crippen molar-refractivity contribution in [3.63, 3.8) is 0 Å². The number of hydrogen-bond acceptors (Lipinski definition) is 2. The molecule has 0 bridgehead atoms. The van der Waals surface area contributed by atoms with Gasteiger partial charge < -0.3 is 5.32 Å². The van der Waals surface area contributed by atoms with Crippen molar-refractivity contribution < 1.29 is 0 Å². The molecule has 2 rings (SSSR count). The van der Waals surface area contributed by atoms with E-state index in [2.05, 4.69) is 46.4 Å². The topological polar surface area (TPSA) is 12.0 Å². The van der Waals surface area contributed by atoms with Crippen LogP contribution in [0.3, 0.4) is 0 Å². The second-order valence-electron chi connectivity index (χ2n) is 4.37. The first-order valence-electron chi connectivity index (χ1n) is 6.11. The van der Waals surface area contributed by atoms with E-state index in [0.717, 1.165) is 9.37 Å². The average molecular weight is 391 g/mol. The highest BCUT2D eigenvalue weighted by molar-refractivity contribution is 9.10. The van der Waals surface area contributed by atoms with Gasteiger partial charge in [0.25, 0.3) is 0 Å². The Labute approximate surface area is 142 Å². The normalized spacial score (nSPS) is 12.4. The molecule has 0 aromatic heterocycles. The van der Waals surface area contributed by atoms with Crippen molar-refractivity contribution in [3.8, 4) is 0 Å². The van der Waals surface area contributed by atoms with Crippen LogP contribution in [0.1, 0.15) is 18.5 Å². The molecule has 1 unspecified atom stereocenters. The minimum Gasteiger partial charge on any atom is -0.313 e. The van der Waals surface area contributed by atoms with E-state index in [9.17, 15) is 0 Å². The second kappa shape index (κ2) is 7.19. The molecular weight excluding hydrogens is 377 g/mol. The van der Waals surface area contributed by atoms with E-state index < -0.39 is 0 Å². The largest absolute Gasteiger partial charge is 0.313 e. The Balaban J connectivity index is 2.36. The molecule has 0 amide bonds. The molecule has 0 heterocycles. The molecule has 5 heteroatoms. The molecular formula is C15H14BrCl2NS. The highest BCUT2D eigenvalue weighted by atomic mass is 79.9. The maximum absolute atomic E-state index is 6.07. The molecule has 0 saturated heterocycles. The molecule has 106 valence electrons. The first kappa shape index (κ1) is 16.2. The van der Waals surface area contributed by atoms with E-state index in [1.807, 2.05) is 25.2 Å². The Hall–Kier alpha value is -0.190. The minimum absolute atomic E-state index is 0.286. The van der Waals surface area contributed by atoms with Gasteiger partial charge in [-0.15, -0.1) is 0 Å². The van der Waals surface area contributed by atoms with Crippen molar-refractivity contribution in [2.24, 2.45) is 0 Å². The van der Waals surface area contributed by atoms with Gasteiger partial charge in [-0.1, -0.05) is 57.0 Å². The maximum atomic E-state index is 6.07. The van der Waals surface area contributed by atoms with E-state index in [0.29, 0.717) is 10.0 Å². The van der Waals surface area contributed by atoms with E-state index in [4.69, 9.17) is 23.2 Å². The van der Waals surface area contributed by atoms with E-state index in [-0.39, 0.29) is 6.04 Å². The summed E-state index contributed by atoms with van der Waals surface area (Å²) in [6.07, 6.45) is 0. The highest BCUT2D eigenvalue weighted by Gasteiger charge is 2.11. The minimum atomic E-state index is 0.286. The molecule has 0 aliphatic heterocycles. The Kier molecular flexibility index (Phi) is 5.82. The van der Waals surface area contributed by atoms with Crippen LogP contribution in [0.25, 0.3) is 0 Å². The summed E-state index contributed by atoms with van der Waals surface area (Å²) in [5.41, 5.74) is 1.26. The van der Waals surface area contributed by atoms with Gasteiger partial charge in [0.1, 0.15) is 0 Å². The Morgan fingerprint density at radius 2 is 1.85 bits per heavy atom. The van der Waals surface area contributed by atoms with Crippen molar-refractivity contribution in [2.75, 3.05) is 7.05 Å². The van der Waals surface area contributed by atoms with E-state index in [1.165, 1.54) is 10.5 Å². The zero-order valence-corrected chi connectivity index (χ0v) is 15.0. The van der Waals surface area contributed by atoms with Gasteiger partial charge in [0.2, 0.25) is 0 Å². The average Bonchev–Trinajstić information content (AvgIpc) is 2.42. The third kappa shape index (κ3) is 3.92. The van der Waals surface area contributed by atoms with Crippen LogP contribution in [0.2, 0.25) is 10.0 Å². The van der Waals surface area contributed by atoms with Gasteiger partial charge in [0.05, 0.1) is 10.0 Å². The van der Waals surface area contributed by atoms with Gasteiger partial charge in [-0.05, 0) is 49.9 Å². The van der Waals surface area contributed by atoms with Crippen LogP contribution in [0.4, 0.5) is 0 Å². The molecule has 0 spiro atoms. The molecule has 1 atom stereocenters. The van der Waals surface area contributed by atoms with Crippen LogP contribution in [0.15, 0.2) is 50.7 Å². The van der Waals surface area contributed by atoms with Gasteiger partial charge >= 0.3 is 0 Å². The van der Waals surface area contributed by atoms with E-state index in [1.54, 1.807) is 11.8 Å². The Bertz CT molecular complexity index is 619. The quantitative estimate of drug-likeness (QED) is 0.667. The second-order valence-corrected chi connectivity index (χ2v) is 7.22. The molecule has 2 aromatic carbocycles. The zero-order chi connectivity index (χ0) is 14.7. The van der Waals surface area contributed by atoms with Crippen molar-refractivity contribution in [1.29, 1.82) is 0 Å². The van der Waals surface area contributed by atoms with Crippen molar-refractivity contribution >= 4 is 50.9 Å². The molecule has 0 saturated carbocycles. The number of rotatable bonds is 4. The van der Waals surface area contributed by atoms with Gasteiger partial charge in [-0.3, -0.25) is 0 Å². The van der Waals surface area contributed by atoms with Crippen LogP contribution in [-0.2, 0) is 0 Å². The zero-order valence-electron chi connectivity index (χ0n) is 11.1. The number of halogens is 3. The third-order valence-corrected chi connectivity index (χ3v) is 5.29. The van der Waals surface area contributed by atoms with Crippen molar-refractivity contribution in [2.45, 2.75) is 22.8 Å². The van der Waals surface area contributed by atoms with Crippen molar-refractivity contribution in [1.82, 2.24) is 5.32 Å². The van der Waals surface area contributed by atoms with Crippen LogP contribution in [-0.4, -0.2) is 7.05 Å². The van der Waals surface area contributed by atoms with E-state index >= 15 is 0 Å². The molecule has 0 aliphatic rings. The first-order chi connectivity index (χ1) is 9.51. The molecule has 1 nitrogen and oxygen atoms in total. The van der Waals surface area contributed by atoms with Crippen LogP contribution in [0, 0.1) is 0 Å². The monoisotopic (exact) mass is 389 g/mol. The fraction of sp³-hybridized carbons (Fsp3) is 0.200. The summed E-state index contributed by atoms with van der Waals surface area (Å²) in [7, 11) is 1.96. The lowest BCUT2D eigenvalue weighted by Crippen LogP contribution is -2.13. The standard InChI is InChI=1S/C15H14BrCl2NS/c1-9(19-2)12-5-3-10(16)7-15(12)20-11-4-6-13(17)14(18)8-11/h3-9,19H,1-2H3. The van der Waals surface area contributed by atoms with Crippen LogP contribution >= 0.6 is 50.9 Å². The summed E-state index contributed by atoms with van der Waals surface area (Å²) in [5, 5.41) is 4.43.